The molecular weight excluding hydrogens is 348 g/mol. The van der Waals surface area contributed by atoms with Crippen LogP contribution in [0.3, 0.4) is 0 Å². The van der Waals surface area contributed by atoms with Crippen molar-refractivity contribution in [1.82, 2.24) is 0 Å². The maximum absolute atomic E-state index is 2.29. The van der Waals surface area contributed by atoms with Gasteiger partial charge in [-0.25, -0.2) is 0 Å². The lowest BCUT2D eigenvalue weighted by Gasteiger charge is -2.03. The maximum Gasteiger partial charge on any atom is -0.0348 e. The Morgan fingerprint density at radius 1 is 0.207 bits per heavy atom. The first-order valence-electron chi connectivity index (χ1n) is 12.1. The molecular formula is C29H44. The number of rotatable bonds is 0. The molecule has 1 rings (SSSR count). The number of allylic oxidation sites excluding steroid dienone is 14. The molecule has 0 fully saturated rings. The second kappa shape index (κ2) is 22.5. The average Bonchev–Trinajstić information content (AvgIpc) is 2.73. The molecule has 0 bridgehead atoms. The van der Waals surface area contributed by atoms with Crippen LogP contribution in [0.15, 0.2) is 85.1 Å². The zero-order valence-electron chi connectivity index (χ0n) is 18.7. The van der Waals surface area contributed by atoms with E-state index in [2.05, 4.69) is 85.1 Å². The standard InChI is InChI=1S/C29H44/c1-2-4-6-8-10-12-14-16-18-20-22-24-26-28-29-27-25-23-21-19-17-15-13-11-9-7-5-3-1/h1-14H,15-29H2/b2-1+,5-3-,6-4-,9-7-,10-8+,13-11?,14-12+. The molecule has 1 aliphatic rings. The fourth-order valence-corrected chi connectivity index (χ4v) is 3.46. The SMILES string of the molecule is C1=CCCCCCCCCCCCCCCC/C=C/C=C/C=C\C=C\C=C/C=C\1. The lowest BCUT2D eigenvalue weighted by Crippen LogP contribution is -1.83. The van der Waals surface area contributed by atoms with Gasteiger partial charge in [0.05, 0.1) is 0 Å². The van der Waals surface area contributed by atoms with Crippen LogP contribution < -0.4 is 0 Å². The van der Waals surface area contributed by atoms with E-state index in [0.29, 0.717) is 0 Å². The Hall–Kier alpha value is -1.82. The summed E-state index contributed by atoms with van der Waals surface area (Å²) in [5.74, 6) is 0. The van der Waals surface area contributed by atoms with Gasteiger partial charge in [0.25, 0.3) is 0 Å². The van der Waals surface area contributed by atoms with Gasteiger partial charge in [-0.15, -0.1) is 0 Å². The highest BCUT2D eigenvalue weighted by Crippen LogP contribution is 2.13. The van der Waals surface area contributed by atoms with Crippen molar-refractivity contribution >= 4 is 0 Å². The second-order valence-corrected chi connectivity index (χ2v) is 7.95. The van der Waals surface area contributed by atoms with Crippen LogP contribution in [0.5, 0.6) is 0 Å². The van der Waals surface area contributed by atoms with Gasteiger partial charge in [-0.3, -0.25) is 0 Å². The number of hydrogen-bond acceptors (Lipinski definition) is 0. The lowest BCUT2D eigenvalue weighted by atomic mass is 10.0. The van der Waals surface area contributed by atoms with Gasteiger partial charge in [-0.05, 0) is 25.7 Å². The van der Waals surface area contributed by atoms with Gasteiger partial charge in [-0.1, -0.05) is 156 Å². The first-order valence-corrected chi connectivity index (χ1v) is 12.1. The molecule has 0 N–H and O–H groups in total. The van der Waals surface area contributed by atoms with E-state index in [9.17, 15) is 0 Å². The second-order valence-electron chi connectivity index (χ2n) is 7.95. The van der Waals surface area contributed by atoms with Gasteiger partial charge in [0, 0.05) is 0 Å². The third-order valence-corrected chi connectivity index (χ3v) is 5.24. The Morgan fingerprint density at radius 3 is 0.690 bits per heavy atom. The molecule has 0 aliphatic heterocycles. The molecule has 0 heterocycles. The van der Waals surface area contributed by atoms with Crippen LogP contribution in [-0.4, -0.2) is 0 Å². The van der Waals surface area contributed by atoms with E-state index in [-0.39, 0.29) is 0 Å². The van der Waals surface area contributed by atoms with Crippen LogP contribution >= 0.6 is 0 Å². The Labute approximate surface area is 181 Å². The Kier molecular flexibility index (Phi) is 19.5. The maximum atomic E-state index is 2.29. The predicted octanol–water partition coefficient (Wildman–Crippen LogP) is 9.74. The molecule has 0 aromatic rings. The van der Waals surface area contributed by atoms with E-state index >= 15 is 0 Å². The van der Waals surface area contributed by atoms with Gasteiger partial charge in [0.15, 0.2) is 0 Å². The van der Waals surface area contributed by atoms with E-state index in [1.807, 2.05) is 0 Å². The van der Waals surface area contributed by atoms with Crippen molar-refractivity contribution in [2.75, 3.05) is 0 Å². The fraction of sp³-hybridized carbons (Fsp3) is 0.517. The van der Waals surface area contributed by atoms with Crippen molar-refractivity contribution in [1.29, 1.82) is 0 Å². The van der Waals surface area contributed by atoms with Crippen LogP contribution in [0.4, 0.5) is 0 Å². The first-order chi connectivity index (χ1) is 14.5. The molecule has 29 heavy (non-hydrogen) atoms. The Balaban J connectivity index is 2.30. The molecule has 0 radical (unpaired) electrons. The quantitative estimate of drug-likeness (QED) is 0.385. The average molecular weight is 393 g/mol. The first kappa shape index (κ1) is 25.2. The van der Waals surface area contributed by atoms with Crippen LogP contribution in [0.2, 0.25) is 0 Å². The molecule has 0 aromatic heterocycles. The van der Waals surface area contributed by atoms with Crippen LogP contribution in [0, 0.1) is 0 Å². The summed E-state index contributed by atoms with van der Waals surface area (Å²) in [7, 11) is 0. The van der Waals surface area contributed by atoms with Crippen LogP contribution in [0.1, 0.15) is 96.3 Å². The molecule has 0 amide bonds. The molecule has 0 heteroatoms. The highest BCUT2D eigenvalue weighted by molar-refractivity contribution is 5.20. The van der Waals surface area contributed by atoms with E-state index < -0.39 is 0 Å². The van der Waals surface area contributed by atoms with Crippen molar-refractivity contribution in [2.24, 2.45) is 0 Å². The summed E-state index contributed by atoms with van der Waals surface area (Å²) in [6.07, 6.45) is 50.5. The monoisotopic (exact) mass is 392 g/mol. The van der Waals surface area contributed by atoms with E-state index in [1.165, 1.54) is 96.3 Å². The van der Waals surface area contributed by atoms with Crippen molar-refractivity contribution in [3.8, 4) is 0 Å². The largest absolute Gasteiger partial charge is 0.0845 e. The van der Waals surface area contributed by atoms with Gasteiger partial charge >= 0.3 is 0 Å². The smallest absolute Gasteiger partial charge is 0.0348 e. The molecule has 1 aliphatic carbocycles. The lowest BCUT2D eigenvalue weighted by molar-refractivity contribution is 0.538. The third-order valence-electron chi connectivity index (χ3n) is 5.24. The zero-order chi connectivity index (χ0) is 20.5. The van der Waals surface area contributed by atoms with Crippen molar-refractivity contribution in [3.05, 3.63) is 85.1 Å². The Bertz CT molecular complexity index is 488. The summed E-state index contributed by atoms with van der Waals surface area (Å²) in [5.41, 5.74) is 0. The number of hydrogen-bond donors (Lipinski definition) is 0. The molecule has 160 valence electrons. The van der Waals surface area contributed by atoms with E-state index in [1.54, 1.807) is 0 Å². The van der Waals surface area contributed by atoms with E-state index in [4.69, 9.17) is 0 Å². The normalized spacial score (nSPS) is 26.8. The highest BCUT2D eigenvalue weighted by Gasteiger charge is 1.93. The Morgan fingerprint density at radius 2 is 0.414 bits per heavy atom. The summed E-state index contributed by atoms with van der Waals surface area (Å²) in [6.45, 7) is 0. The zero-order valence-corrected chi connectivity index (χ0v) is 18.7. The molecule has 0 saturated heterocycles. The molecule has 0 aromatic carbocycles. The van der Waals surface area contributed by atoms with Crippen molar-refractivity contribution in [2.45, 2.75) is 96.3 Å². The highest BCUT2D eigenvalue weighted by atomic mass is 14.0. The molecule has 0 nitrogen and oxygen atoms in total. The minimum atomic E-state index is 1.21. The predicted molar refractivity (Wildman–Crippen MR) is 133 cm³/mol. The summed E-state index contributed by atoms with van der Waals surface area (Å²) in [4.78, 5) is 0. The third kappa shape index (κ3) is 20.7. The molecule has 0 spiro atoms. The van der Waals surface area contributed by atoms with Crippen molar-refractivity contribution < 1.29 is 0 Å². The topological polar surface area (TPSA) is 0 Å². The van der Waals surface area contributed by atoms with Crippen LogP contribution in [0.25, 0.3) is 0 Å². The summed E-state index contributed by atoms with van der Waals surface area (Å²) in [6, 6.07) is 0. The van der Waals surface area contributed by atoms with Gasteiger partial charge in [-0.2, -0.15) is 0 Å². The van der Waals surface area contributed by atoms with E-state index in [0.717, 1.165) is 0 Å². The minimum Gasteiger partial charge on any atom is -0.0845 e. The summed E-state index contributed by atoms with van der Waals surface area (Å²) >= 11 is 0. The molecule has 0 unspecified atom stereocenters. The fourth-order valence-electron chi connectivity index (χ4n) is 3.46. The van der Waals surface area contributed by atoms with Gasteiger partial charge < -0.3 is 0 Å². The minimum absolute atomic E-state index is 1.21. The van der Waals surface area contributed by atoms with Gasteiger partial charge in [0.2, 0.25) is 0 Å². The summed E-state index contributed by atoms with van der Waals surface area (Å²) in [5, 5.41) is 0. The van der Waals surface area contributed by atoms with Crippen molar-refractivity contribution in [3.63, 3.8) is 0 Å². The molecule has 0 saturated carbocycles. The molecule has 0 atom stereocenters. The van der Waals surface area contributed by atoms with Crippen LogP contribution in [-0.2, 0) is 0 Å². The van der Waals surface area contributed by atoms with Gasteiger partial charge in [0.1, 0.15) is 0 Å². The summed E-state index contributed by atoms with van der Waals surface area (Å²) < 4.78 is 0.